The fourth-order valence-electron chi connectivity index (χ4n) is 7.04. The van der Waals surface area contributed by atoms with Crippen LogP contribution in [0.5, 0.6) is 0 Å². The topological polar surface area (TPSA) is 72.8 Å². The van der Waals surface area contributed by atoms with E-state index in [0.29, 0.717) is 19.6 Å². The van der Waals surface area contributed by atoms with Crippen molar-refractivity contribution in [2.75, 3.05) is 13.2 Å². The molecule has 30 heavy (non-hydrogen) atoms. The van der Waals surface area contributed by atoms with Crippen molar-refractivity contribution in [2.45, 2.75) is 79.2 Å². The van der Waals surface area contributed by atoms with Gasteiger partial charge in [-0.2, -0.15) is 0 Å². The van der Waals surface area contributed by atoms with Crippen molar-refractivity contribution < 1.29 is 24.2 Å². The lowest BCUT2D eigenvalue weighted by Gasteiger charge is -2.69. The molecule has 5 nitrogen and oxygen atoms in total. The third-order valence-corrected chi connectivity index (χ3v) is 8.82. The average molecular weight is 419 g/mol. The predicted molar refractivity (Wildman–Crippen MR) is 115 cm³/mol. The van der Waals surface area contributed by atoms with Crippen molar-refractivity contribution in [2.24, 2.45) is 27.6 Å². The van der Waals surface area contributed by atoms with Gasteiger partial charge in [0.05, 0.1) is 24.7 Å². The minimum atomic E-state index is -0.752. The smallest absolute Gasteiger partial charge is 0.330 e. The molecule has 5 heteroatoms. The molecule has 3 aliphatic rings. The molecule has 0 saturated heterocycles. The van der Waals surface area contributed by atoms with Crippen molar-refractivity contribution in [3.63, 3.8) is 0 Å². The predicted octanol–water partition coefficient (Wildman–Crippen LogP) is 4.59. The summed E-state index contributed by atoms with van der Waals surface area (Å²) in [7, 11) is 0. The molecule has 0 heterocycles. The van der Waals surface area contributed by atoms with Crippen LogP contribution in [0.15, 0.2) is 24.3 Å². The van der Waals surface area contributed by atoms with E-state index < -0.39 is 28.3 Å². The lowest BCUT2D eigenvalue weighted by Crippen LogP contribution is -2.66. The SMILES string of the molecule is C=C1[C@]2(C)CCC[C@@]1(C(=O)OCC)[C@@]1(C)CC[C@H](O)[C@@](C)(/C=C/C(=O)OCC)C1C2. The maximum absolute atomic E-state index is 13.5. The van der Waals surface area contributed by atoms with Crippen molar-refractivity contribution >= 4 is 11.9 Å². The van der Waals surface area contributed by atoms with Gasteiger partial charge in [0.15, 0.2) is 0 Å². The van der Waals surface area contributed by atoms with Gasteiger partial charge in [-0.1, -0.05) is 45.4 Å². The first-order valence-electron chi connectivity index (χ1n) is 11.4. The van der Waals surface area contributed by atoms with Gasteiger partial charge in [0.25, 0.3) is 0 Å². The highest BCUT2D eigenvalue weighted by molar-refractivity contribution is 5.83. The maximum atomic E-state index is 13.5. The monoisotopic (exact) mass is 418 g/mol. The molecule has 0 aromatic carbocycles. The molecular weight excluding hydrogens is 380 g/mol. The first kappa shape index (κ1) is 23.1. The van der Waals surface area contributed by atoms with Crippen molar-refractivity contribution in [3.8, 4) is 0 Å². The first-order chi connectivity index (χ1) is 14.0. The highest BCUT2D eigenvalue weighted by atomic mass is 16.5. The van der Waals surface area contributed by atoms with E-state index in [4.69, 9.17) is 9.47 Å². The summed E-state index contributed by atoms with van der Waals surface area (Å²) >= 11 is 0. The van der Waals surface area contributed by atoms with Gasteiger partial charge in [-0.15, -0.1) is 0 Å². The summed E-state index contributed by atoms with van der Waals surface area (Å²) in [5.41, 5.74) is -0.977. The van der Waals surface area contributed by atoms with Crippen LogP contribution in [-0.4, -0.2) is 36.4 Å². The molecule has 6 atom stereocenters. The summed E-state index contributed by atoms with van der Waals surface area (Å²) in [4.78, 5) is 25.6. The van der Waals surface area contributed by atoms with Gasteiger partial charge in [-0.3, -0.25) is 4.79 Å². The molecule has 3 rings (SSSR count). The van der Waals surface area contributed by atoms with Gasteiger partial charge in [0.1, 0.15) is 0 Å². The van der Waals surface area contributed by atoms with Gasteiger partial charge in [-0.25, -0.2) is 4.79 Å². The third kappa shape index (κ3) is 3.07. The van der Waals surface area contributed by atoms with E-state index >= 15 is 0 Å². The van der Waals surface area contributed by atoms with Crippen LogP contribution in [0, 0.1) is 27.6 Å². The number of rotatable bonds is 5. The van der Waals surface area contributed by atoms with Crippen LogP contribution in [0.25, 0.3) is 0 Å². The number of aliphatic hydroxyl groups excluding tert-OH is 1. The Bertz CT molecular complexity index is 757. The van der Waals surface area contributed by atoms with Crippen LogP contribution < -0.4 is 0 Å². The number of ether oxygens (including phenoxy) is 2. The summed E-state index contributed by atoms with van der Waals surface area (Å²) in [6.45, 7) is 15.2. The summed E-state index contributed by atoms with van der Waals surface area (Å²) in [6, 6.07) is 0. The van der Waals surface area contributed by atoms with Crippen LogP contribution in [0.2, 0.25) is 0 Å². The summed E-state index contributed by atoms with van der Waals surface area (Å²) in [6.07, 6.45) is 7.53. The Kier molecular flexibility index (Phi) is 6.00. The second-order valence-electron chi connectivity index (χ2n) is 10.2. The first-order valence-corrected chi connectivity index (χ1v) is 11.4. The molecule has 0 aliphatic heterocycles. The Hall–Kier alpha value is -1.62. The normalized spacial score (nSPS) is 43.2. The van der Waals surface area contributed by atoms with E-state index in [1.54, 1.807) is 6.92 Å². The zero-order valence-corrected chi connectivity index (χ0v) is 19.3. The molecule has 0 radical (unpaired) electrons. The summed E-state index contributed by atoms with van der Waals surface area (Å²) in [5.74, 6) is -0.550. The Morgan fingerprint density at radius 2 is 1.80 bits per heavy atom. The van der Waals surface area contributed by atoms with E-state index in [2.05, 4.69) is 20.4 Å². The van der Waals surface area contributed by atoms with Gasteiger partial charge in [0.2, 0.25) is 0 Å². The van der Waals surface area contributed by atoms with Gasteiger partial charge in [-0.05, 0) is 62.7 Å². The van der Waals surface area contributed by atoms with E-state index in [-0.39, 0.29) is 17.3 Å². The number of carbonyl (C=O) groups is 2. The van der Waals surface area contributed by atoms with Gasteiger partial charge in [0, 0.05) is 11.5 Å². The van der Waals surface area contributed by atoms with Crippen molar-refractivity contribution in [1.82, 2.24) is 0 Å². The highest BCUT2D eigenvalue weighted by Gasteiger charge is 2.71. The Morgan fingerprint density at radius 3 is 2.43 bits per heavy atom. The number of hydrogen-bond acceptors (Lipinski definition) is 5. The minimum Gasteiger partial charge on any atom is -0.465 e. The number of fused-ring (bicyclic) bond motifs is 4. The van der Waals surface area contributed by atoms with Gasteiger partial charge < -0.3 is 14.6 Å². The molecule has 0 spiro atoms. The van der Waals surface area contributed by atoms with E-state index in [0.717, 1.165) is 37.7 Å². The Labute approximate surface area is 180 Å². The van der Waals surface area contributed by atoms with Crippen LogP contribution in [-0.2, 0) is 19.1 Å². The fraction of sp³-hybridized carbons (Fsp3) is 0.760. The van der Waals surface area contributed by atoms with Crippen molar-refractivity contribution in [1.29, 1.82) is 0 Å². The number of hydrogen-bond donors (Lipinski definition) is 1. The second-order valence-corrected chi connectivity index (χ2v) is 10.2. The Morgan fingerprint density at radius 1 is 1.13 bits per heavy atom. The number of esters is 2. The zero-order valence-electron chi connectivity index (χ0n) is 19.3. The molecule has 1 N–H and O–H groups in total. The summed E-state index contributed by atoms with van der Waals surface area (Å²) in [5, 5.41) is 11.1. The summed E-state index contributed by atoms with van der Waals surface area (Å²) < 4.78 is 10.7. The van der Waals surface area contributed by atoms with Crippen LogP contribution in [0.1, 0.15) is 73.1 Å². The van der Waals surface area contributed by atoms with E-state index in [1.807, 2.05) is 19.9 Å². The largest absolute Gasteiger partial charge is 0.465 e. The van der Waals surface area contributed by atoms with Crippen LogP contribution in [0.3, 0.4) is 0 Å². The molecule has 1 unspecified atom stereocenters. The fourth-order valence-corrected chi connectivity index (χ4v) is 7.04. The zero-order chi connectivity index (χ0) is 22.4. The van der Waals surface area contributed by atoms with E-state index in [1.165, 1.54) is 6.08 Å². The molecule has 3 fully saturated rings. The lowest BCUT2D eigenvalue weighted by molar-refractivity contribution is -0.202. The second kappa shape index (κ2) is 7.81. The molecule has 2 bridgehead atoms. The molecule has 0 aromatic rings. The maximum Gasteiger partial charge on any atom is 0.330 e. The third-order valence-electron chi connectivity index (χ3n) is 8.82. The standard InChI is InChI=1S/C25H38O5/c1-7-29-20(27)11-14-23(5)18-16-22(4)12-9-13-25(17(22)3,21(28)30-8-2)24(18,6)15-10-19(23)26/h11,14,18-19,26H,3,7-10,12-13,15-16H2,1-2,4-6H3/b14-11+/t18?,19-,22+,23-,24-,25+/m0/s1. The van der Waals surface area contributed by atoms with Crippen LogP contribution in [0.4, 0.5) is 0 Å². The molecule has 3 aliphatic carbocycles. The minimum absolute atomic E-state index is 0.0135. The molecule has 0 amide bonds. The molecule has 168 valence electrons. The molecule has 3 saturated carbocycles. The van der Waals surface area contributed by atoms with Gasteiger partial charge >= 0.3 is 11.9 Å². The Balaban J connectivity index is 2.14. The van der Waals surface area contributed by atoms with Crippen molar-refractivity contribution in [3.05, 3.63) is 24.3 Å². The van der Waals surface area contributed by atoms with Crippen LogP contribution >= 0.6 is 0 Å². The molecule has 0 aromatic heterocycles. The lowest BCUT2D eigenvalue weighted by atomic mass is 9.34. The number of aliphatic hydroxyl groups is 1. The van der Waals surface area contributed by atoms with E-state index in [9.17, 15) is 14.7 Å². The average Bonchev–Trinajstić information content (AvgIpc) is 2.69. The molecular formula is C25H38O5. The number of carbonyl (C=O) groups excluding carboxylic acids is 2. The quantitative estimate of drug-likeness (QED) is 0.402. The highest BCUT2D eigenvalue weighted by Crippen LogP contribution is 2.74.